The van der Waals surface area contributed by atoms with E-state index in [4.69, 9.17) is 4.74 Å². The van der Waals surface area contributed by atoms with Crippen LogP contribution in [-0.2, 0) is 11.3 Å². The van der Waals surface area contributed by atoms with Gasteiger partial charge in [0, 0.05) is 51.7 Å². The minimum Gasteiger partial charge on any atom is -0.378 e. The van der Waals surface area contributed by atoms with Crippen molar-refractivity contribution >= 4 is 17.5 Å². The number of aromatic nitrogens is 2. The molecule has 2 fully saturated rings. The zero-order valence-electron chi connectivity index (χ0n) is 17.6. The van der Waals surface area contributed by atoms with Gasteiger partial charge in [-0.2, -0.15) is 0 Å². The third-order valence-corrected chi connectivity index (χ3v) is 5.65. The standard InChI is InChI=1S/C22H30N6O2/c1-26-7-2-8-27(10-9-26)20-5-3-18(15-23-20)16-25-22(29)19-4-6-21(24-17-19)28-11-13-30-14-12-28/h3-6,15,17H,2,7-14,16H2,1H3,(H,25,29). The molecule has 0 unspecified atom stereocenters. The Bertz CT molecular complexity index is 821. The van der Waals surface area contributed by atoms with Gasteiger partial charge in [0.1, 0.15) is 11.6 Å². The van der Waals surface area contributed by atoms with Gasteiger partial charge in [0.05, 0.1) is 18.8 Å². The van der Waals surface area contributed by atoms with Crippen molar-refractivity contribution in [3.05, 3.63) is 47.8 Å². The third-order valence-electron chi connectivity index (χ3n) is 5.65. The van der Waals surface area contributed by atoms with E-state index >= 15 is 0 Å². The molecule has 0 radical (unpaired) electrons. The predicted octanol–water partition coefficient (Wildman–Crippen LogP) is 1.39. The highest BCUT2D eigenvalue weighted by Crippen LogP contribution is 2.15. The second kappa shape index (κ2) is 9.86. The second-order valence-electron chi connectivity index (χ2n) is 7.86. The smallest absolute Gasteiger partial charge is 0.253 e. The quantitative estimate of drug-likeness (QED) is 0.798. The highest BCUT2D eigenvalue weighted by molar-refractivity contribution is 5.94. The SMILES string of the molecule is CN1CCCN(c2ccc(CNC(=O)c3ccc(N4CCOCC4)nc3)cn2)CC1. The number of nitrogens with zero attached hydrogens (tertiary/aromatic N) is 5. The Balaban J connectivity index is 1.29. The first-order valence-electron chi connectivity index (χ1n) is 10.6. The van der Waals surface area contributed by atoms with Crippen molar-refractivity contribution in [3.63, 3.8) is 0 Å². The first-order valence-corrected chi connectivity index (χ1v) is 10.6. The molecule has 160 valence electrons. The molecular formula is C22H30N6O2. The minimum absolute atomic E-state index is 0.129. The molecule has 8 nitrogen and oxygen atoms in total. The molecule has 2 aromatic heterocycles. The normalized spacial score (nSPS) is 18.2. The van der Waals surface area contributed by atoms with Crippen molar-refractivity contribution in [2.24, 2.45) is 0 Å². The van der Waals surface area contributed by atoms with Crippen LogP contribution in [0.25, 0.3) is 0 Å². The highest BCUT2D eigenvalue weighted by atomic mass is 16.5. The van der Waals surface area contributed by atoms with Crippen molar-refractivity contribution in [1.29, 1.82) is 0 Å². The summed E-state index contributed by atoms with van der Waals surface area (Å²) in [5.41, 5.74) is 1.54. The average Bonchev–Trinajstić information content (AvgIpc) is 3.03. The summed E-state index contributed by atoms with van der Waals surface area (Å²) in [7, 11) is 2.16. The lowest BCUT2D eigenvalue weighted by atomic mass is 10.2. The number of ether oxygens (including phenoxy) is 1. The Morgan fingerprint density at radius 1 is 0.933 bits per heavy atom. The number of pyridine rings is 2. The lowest BCUT2D eigenvalue weighted by Crippen LogP contribution is -2.36. The van der Waals surface area contributed by atoms with E-state index in [9.17, 15) is 4.79 Å². The number of hydrogen-bond donors (Lipinski definition) is 1. The van der Waals surface area contributed by atoms with Gasteiger partial charge >= 0.3 is 0 Å². The van der Waals surface area contributed by atoms with E-state index in [1.165, 1.54) is 0 Å². The number of amides is 1. The summed E-state index contributed by atoms with van der Waals surface area (Å²) in [6.07, 6.45) is 4.64. The Labute approximate surface area is 177 Å². The average molecular weight is 411 g/mol. The number of carbonyl (C=O) groups excluding carboxylic acids is 1. The third kappa shape index (κ3) is 5.25. The van der Waals surface area contributed by atoms with Crippen LogP contribution in [0.3, 0.4) is 0 Å². The first kappa shape index (κ1) is 20.6. The van der Waals surface area contributed by atoms with E-state index < -0.39 is 0 Å². The minimum atomic E-state index is -0.129. The van der Waals surface area contributed by atoms with Crippen LogP contribution in [0.5, 0.6) is 0 Å². The van der Waals surface area contributed by atoms with Crippen LogP contribution in [0.1, 0.15) is 22.3 Å². The van der Waals surface area contributed by atoms with Gasteiger partial charge < -0.3 is 24.8 Å². The molecule has 0 bridgehead atoms. The van der Waals surface area contributed by atoms with Crippen LogP contribution < -0.4 is 15.1 Å². The van der Waals surface area contributed by atoms with E-state index in [0.717, 1.165) is 62.9 Å². The number of nitrogens with one attached hydrogen (secondary N) is 1. The maximum atomic E-state index is 12.5. The fraction of sp³-hybridized carbons (Fsp3) is 0.500. The van der Waals surface area contributed by atoms with Crippen LogP contribution in [-0.4, -0.2) is 80.3 Å². The summed E-state index contributed by atoms with van der Waals surface area (Å²) in [5.74, 6) is 1.76. The molecule has 0 spiro atoms. The summed E-state index contributed by atoms with van der Waals surface area (Å²) < 4.78 is 5.37. The molecule has 0 saturated carbocycles. The number of likely N-dealkylation sites (N-methyl/N-ethyl adjacent to an activating group) is 1. The molecule has 0 aliphatic carbocycles. The summed E-state index contributed by atoms with van der Waals surface area (Å²) >= 11 is 0. The topological polar surface area (TPSA) is 73.8 Å². The van der Waals surface area contributed by atoms with Crippen molar-refractivity contribution in [3.8, 4) is 0 Å². The zero-order chi connectivity index (χ0) is 20.8. The van der Waals surface area contributed by atoms with E-state index in [0.29, 0.717) is 25.3 Å². The number of carbonyl (C=O) groups is 1. The lowest BCUT2D eigenvalue weighted by Gasteiger charge is -2.27. The molecule has 1 N–H and O–H groups in total. The number of rotatable bonds is 5. The molecule has 1 amide bonds. The zero-order valence-corrected chi connectivity index (χ0v) is 17.6. The molecule has 2 saturated heterocycles. The summed E-state index contributed by atoms with van der Waals surface area (Å²) in [6, 6.07) is 7.81. The van der Waals surface area contributed by atoms with Crippen molar-refractivity contribution < 1.29 is 9.53 Å². The number of anilines is 2. The van der Waals surface area contributed by atoms with Crippen LogP contribution >= 0.6 is 0 Å². The summed E-state index contributed by atoms with van der Waals surface area (Å²) in [4.78, 5) is 28.4. The largest absolute Gasteiger partial charge is 0.378 e. The molecule has 30 heavy (non-hydrogen) atoms. The highest BCUT2D eigenvalue weighted by Gasteiger charge is 2.15. The van der Waals surface area contributed by atoms with Crippen molar-refractivity contribution in [2.45, 2.75) is 13.0 Å². The molecule has 2 aromatic rings. The Hall–Kier alpha value is -2.71. The fourth-order valence-corrected chi connectivity index (χ4v) is 3.77. The summed E-state index contributed by atoms with van der Waals surface area (Å²) in [5, 5.41) is 2.96. The van der Waals surface area contributed by atoms with Gasteiger partial charge in [0.2, 0.25) is 0 Å². The number of hydrogen-bond acceptors (Lipinski definition) is 7. The molecule has 4 heterocycles. The second-order valence-corrected chi connectivity index (χ2v) is 7.86. The Morgan fingerprint density at radius 3 is 2.37 bits per heavy atom. The van der Waals surface area contributed by atoms with E-state index in [-0.39, 0.29) is 5.91 Å². The van der Waals surface area contributed by atoms with Gasteiger partial charge in [-0.25, -0.2) is 9.97 Å². The molecule has 2 aliphatic heterocycles. The van der Waals surface area contributed by atoms with Crippen molar-refractivity contribution in [2.75, 3.05) is 69.3 Å². The Kier molecular flexibility index (Phi) is 6.76. The van der Waals surface area contributed by atoms with Crippen LogP contribution in [0.15, 0.2) is 36.7 Å². The van der Waals surface area contributed by atoms with Crippen LogP contribution in [0, 0.1) is 0 Å². The molecule has 2 aliphatic rings. The van der Waals surface area contributed by atoms with Crippen molar-refractivity contribution in [1.82, 2.24) is 20.2 Å². The van der Waals surface area contributed by atoms with Gasteiger partial charge in [-0.3, -0.25) is 4.79 Å². The molecule has 8 heteroatoms. The van der Waals surface area contributed by atoms with Gasteiger partial charge in [-0.1, -0.05) is 6.07 Å². The van der Waals surface area contributed by atoms with E-state index in [1.807, 2.05) is 30.5 Å². The first-order chi connectivity index (χ1) is 14.7. The number of morpholine rings is 1. The monoisotopic (exact) mass is 410 g/mol. The van der Waals surface area contributed by atoms with E-state index in [2.05, 4.69) is 37.0 Å². The molecule has 0 atom stereocenters. The molecular weight excluding hydrogens is 380 g/mol. The van der Waals surface area contributed by atoms with Gasteiger partial charge in [0.15, 0.2) is 0 Å². The molecule has 4 rings (SSSR count). The van der Waals surface area contributed by atoms with E-state index in [1.54, 1.807) is 6.20 Å². The predicted molar refractivity (Wildman–Crippen MR) is 117 cm³/mol. The lowest BCUT2D eigenvalue weighted by molar-refractivity contribution is 0.0950. The van der Waals surface area contributed by atoms with Gasteiger partial charge in [-0.05, 0) is 43.8 Å². The van der Waals surface area contributed by atoms with Crippen LogP contribution in [0.2, 0.25) is 0 Å². The maximum absolute atomic E-state index is 12.5. The maximum Gasteiger partial charge on any atom is 0.253 e. The van der Waals surface area contributed by atoms with Gasteiger partial charge in [-0.15, -0.1) is 0 Å². The molecule has 0 aromatic carbocycles. The van der Waals surface area contributed by atoms with Crippen LogP contribution in [0.4, 0.5) is 11.6 Å². The summed E-state index contributed by atoms with van der Waals surface area (Å²) in [6.45, 7) is 7.73. The fourth-order valence-electron chi connectivity index (χ4n) is 3.77. The van der Waals surface area contributed by atoms with Gasteiger partial charge in [0.25, 0.3) is 5.91 Å². The Morgan fingerprint density at radius 2 is 1.67 bits per heavy atom.